The van der Waals surface area contributed by atoms with E-state index in [-0.39, 0.29) is 5.92 Å². The van der Waals surface area contributed by atoms with Gasteiger partial charge in [0.15, 0.2) is 0 Å². The number of nitrogens with zero attached hydrogens (tertiary/aromatic N) is 2. The predicted octanol–water partition coefficient (Wildman–Crippen LogP) is 2.10. The van der Waals surface area contributed by atoms with Crippen molar-refractivity contribution in [2.24, 2.45) is 5.92 Å². The molecular formula is C13H24F2N2. The average Bonchev–Trinajstić information content (AvgIpc) is 2.28. The molecule has 0 unspecified atom stereocenters. The van der Waals surface area contributed by atoms with Crippen LogP contribution in [0.2, 0.25) is 0 Å². The van der Waals surface area contributed by atoms with Crippen LogP contribution in [0.1, 0.15) is 26.7 Å². The lowest BCUT2D eigenvalue weighted by atomic mass is 9.83. The Morgan fingerprint density at radius 2 is 1.88 bits per heavy atom. The van der Waals surface area contributed by atoms with Crippen molar-refractivity contribution in [1.29, 1.82) is 0 Å². The fraction of sp³-hybridized carbons (Fsp3) is 1.00. The van der Waals surface area contributed by atoms with Crippen LogP contribution in [0, 0.1) is 5.92 Å². The van der Waals surface area contributed by atoms with Crippen LogP contribution < -0.4 is 0 Å². The van der Waals surface area contributed by atoms with E-state index in [4.69, 9.17) is 0 Å². The predicted molar refractivity (Wildman–Crippen MR) is 65.7 cm³/mol. The van der Waals surface area contributed by atoms with Gasteiger partial charge in [-0.3, -0.25) is 4.90 Å². The summed E-state index contributed by atoms with van der Waals surface area (Å²) in [5.74, 6) is 0.124. The minimum Gasteiger partial charge on any atom is -0.303 e. The molecule has 2 nitrogen and oxygen atoms in total. The van der Waals surface area contributed by atoms with Gasteiger partial charge in [-0.25, -0.2) is 8.78 Å². The standard InChI is InChI=1S/C13H24F2N2/c1-10-4-6-17(8-11(10)14)13(2)5-7-16(3)9-12(13)15/h10-12H,4-9H2,1-3H3/t10-,11-,12-,13-/m0/s1. The molecule has 100 valence electrons. The Morgan fingerprint density at radius 1 is 1.18 bits per heavy atom. The molecule has 4 atom stereocenters. The van der Waals surface area contributed by atoms with Crippen molar-refractivity contribution in [3.05, 3.63) is 0 Å². The van der Waals surface area contributed by atoms with Gasteiger partial charge in [-0.15, -0.1) is 0 Å². The maximum Gasteiger partial charge on any atom is 0.131 e. The number of rotatable bonds is 1. The van der Waals surface area contributed by atoms with Crippen molar-refractivity contribution >= 4 is 0 Å². The molecule has 17 heavy (non-hydrogen) atoms. The zero-order valence-electron chi connectivity index (χ0n) is 11.1. The molecular weight excluding hydrogens is 222 g/mol. The van der Waals surface area contributed by atoms with Gasteiger partial charge in [0.2, 0.25) is 0 Å². The molecule has 2 aliphatic rings. The molecule has 0 amide bonds. The number of likely N-dealkylation sites (tertiary alicyclic amines) is 2. The topological polar surface area (TPSA) is 6.48 Å². The molecule has 2 aliphatic heterocycles. The first-order chi connectivity index (χ1) is 7.93. The zero-order valence-corrected chi connectivity index (χ0v) is 11.1. The molecule has 0 spiro atoms. The Kier molecular flexibility index (Phi) is 3.74. The highest BCUT2D eigenvalue weighted by molar-refractivity contribution is 5.00. The fourth-order valence-electron chi connectivity index (χ4n) is 2.98. The number of hydrogen-bond acceptors (Lipinski definition) is 2. The maximum absolute atomic E-state index is 14.3. The van der Waals surface area contributed by atoms with Gasteiger partial charge in [0.25, 0.3) is 0 Å². The summed E-state index contributed by atoms with van der Waals surface area (Å²) < 4.78 is 28.1. The lowest BCUT2D eigenvalue weighted by molar-refractivity contribution is -0.0596. The van der Waals surface area contributed by atoms with Crippen molar-refractivity contribution in [3.63, 3.8) is 0 Å². The second kappa shape index (κ2) is 4.81. The number of alkyl halides is 2. The molecule has 2 heterocycles. The van der Waals surface area contributed by atoms with Crippen molar-refractivity contribution in [3.8, 4) is 0 Å². The second-order valence-electron chi connectivity index (χ2n) is 6.06. The SMILES string of the molecule is C[C@H]1CCN([C@@]2(C)CCN(C)C[C@@H]2F)C[C@@H]1F. The van der Waals surface area contributed by atoms with Crippen LogP contribution in [0.5, 0.6) is 0 Å². The molecule has 0 aromatic heterocycles. The third-order valence-corrected chi connectivity index (χ3v) is 4.74. The van der Waals surface area contributed by atoms with E-state index in [9.17, 15) is 8.78 Å². The smallest absolute Gasteiger partial charge is 0.131 e. The van der Waals surface area contributed by atoms with Gasteiger partial charge in [0, 0.05) is 13.1 Å². The third-order valence-electron chi connectivity index (χ3n) is 4.74. The minimum absolute atomic E-state index is 0.124. The van der Waals surface area contributed by atoms with E-state index < -0.39 is 17.9 Å². The van der Waals surface area contributed by atoms with Gasteiger partial charge in [-0.05, 0) is 45.8 Å². The number of piperidine rings is 2. The van der Waals surface area contributed by atoms with E-state index in [2.05, 4.69) is 4.90 Å². The Labute approximate surface area is 103 Å². The quantitative estimate of drug-likeness (QED) is 0.699. The van der Waals surface area contributed by atoms with Crippen LogP contribution in [0.3, 0.4) is 0 Å². The summed E-state index contributed by atoms with van der Waals surface area (Å²) in [6, 6.07) is 0. The van der Waals surface area contributed by atoms with E-state index in [0.29, 0.717) is 13.1 Å². The maximum atomic E-state index is 14.3. The number of hydrogen-bond donors (Lipinski definition) is 0. The molecule has 0 N–H and O–H groups in total. The molecule has 0 saturated carbocycles. The molecule has 0 radical (unpaired) electrons. The van der Waals surface area contributed by atoms with Crippen molar-refractivity contribution in [1.82, 2.24) is 9.80 Å². The molecule has 0 bridgehead atoms. The first-order valence-electron chi connectivity index (χ1n) is 6.65. The molecule has 2 fully saturated rings. The molecule has 2 rings (SSSR count). The summed E-state index contributed by atoms with van der Waals surface area (Å²) in [5, 5.41) is 0. The first-order valence-corrected chi connectivity index (χ1v) is 6.65. The van der Waals surface area contributed by atoms with Crippen molar-refractivity contribution in [2.75, 3.05) is 33.2 Å². The van der Waals surface area contributed by atoms with E-state index in [1.165, 1.54) is 0 Å². The summed E-state index contributed by atoms with van der Waals surface area (Å²) in [6.45, 7) is 6.53. The summed E-state index contributed by atoms with van der Waals surface area (Å²) in [5.41, 5.74) is -0.461. The zero-order chi connectivity index (χ0) is 12.6. The normalized spacial score (nSPS) is 46.1. The molecule has 0 aromatic carbocycles. The van der Waals surface area contributed by atoms with Crippen LogP contribution in [-0.4, -0.2) is 60.9 Å². The summed E-state index contributed by atoms with van der Waals surface area (Å²) in [7, 11) is 1.95. The minimum atomic E-state index is -0.873. The Bertz CT molecular complexity index is 274. The van der Waals surface area contributed by atoms with Gasteiger partial charge in [-0.1, -0.05) is 6.92 Å². The van der Waals surface area contributed by atoms with E-state index in [0.717, 1.165) is 25.9 Å². The van der Waals surface area contributed by atoms with Gasteiger partial charge in [-0.2, -0.15) is 0 Å². The summed E-state index contributed by atoms with van der Waals surface area (Å²) >= 11 is 0. The highest BCUT2D eigenvalue weighted by Gasteiger charge is 2.45. The van der Waals surface area contributed by atoms with E-state index >= 15 is 0 Å². The molecule has 4 heteroatoms. The lowest BCUT2D eigenvalue weighted by Crippen LogP contribution is -2.63. The van der Waals surface area contributed by atoms with E-state index in [1.54, 1.807) is 0 Å². The fourth-order valence-corrected chi connectivity index (χ4v) is 2.98. The highest BCUT2D eigenvalue weighted by atomic mass is 19.1. The van der Waals surface area contributed by atoms with Crippen molar-refractivity contribution in [2.45, 2.75) is 44.6 Å². The first kappa shape index (κ1) is 13.2. The van der Waals surface area contributed by atoms with Crippen LogP contribution >= 0.6 is 0 Å². The van der Waals surface area contributed by atoms with Gasteiger partial charge in [0.1, 0.15) is 12.3 Å². The van der Waals surface area contributed by atoms with Crippen LogP contribution in [0.15, 0.2) is 0 Å². The molecule has 0 aromatic rings. The second-order valence-corrected chi connectivity index (χ2v) is 6.06. The van der Waals surface area contributed by atoms with Crippen LogP contribution in [0.4, 0.5) is 8.78 Å². The van der Waals surface area contributed by atoms with Crippen LogP contribution in [-0.2, 0) is 0 Å². The Morgan fingerprint density at radius 3 is 2.47 bits per heavy atom. The molecule has 2 saturated heterocycles. The molecule has 0 aliphatic carbocycles. The Hall–Kier alpha value is -0.220. The average molecular weight is 246 g/mol. The Balaban J connectivity index is 2.05. The van der Waals surface area contributed by atoms with Gasteiger partial charge in [0.05, 0.1) is 5.54 Å². The highest BCUT2D eigenvalue weighted by Crippen LogP contribution is 2.34. The lowest BCUT2D eigenvalue weighted by Gasteiger charge is -2.50. The van der Waals surface area contributed by atoms with E-state index in [1.807, 2.05) is 25.8 Å². The van der Waals surface area contributed by atoms with Crippen LogP contribution in [0.25, 0.3) is 0 Å². The summed E-state index contributed by atoms with van der Waals surface area (Å²) in [4.78, 5) is 4.07. The van der Waals surface area contributed by atoms with Crippen molar-refractivity contribution < 1.29 is 8.78 Å². The monoisotopic (exact) mass is 246 g/mol. The van der Waals surface area contributed by atoms with Gasteiger partial charge < -0.3 is 4.90 Å². The summed E-state index contributed by atoms with van der Waals surface area (Å²) in [6.07, 6.45) is -0.0280. The number of halogens is 2. The third kappa shape index (κ3) is 2.48. The van der Waals surface area contributed by atoms with Gasteiger partial charge >= 0.3 is 0 Å². The largest absolute Gasteiger partial charge is 0.303 e.